The third-order valence-corrected chi connectivity index (χ3v) is 5.95. The molecule has 4 aromatic heterocycles. The van der Waals surface area contributed by atoms with Gasteiger partial charge in [-0.25, -0.2) is 18.9 Å². The smallest absolute Gasteiger partial charge is 0.263 e. The Bertz CT molecular complexity index is 1380. The van der Waals surface area contributed by atoms with Gasteiger partial charge < -0.3 is 20.9 Å². The molecule has 11 heteroatoms. The number of nitrogen functional groups attached to an aromatic ring is 1. The van der Waals surface area contributed by atoms with Crippen molar-refractivity contribution < 1.29 is 9.18 Å². The number of rotatable bonds is 4. The zero-order valence-corrected chi connectivity index (χ0v) is 18.9. The van der Waals surface area contributed by atoms with Crippen LogP contribution in [0.2, 0.25) is 0 Å². The van der Waals surface area contributed by atoms with Crippen LogP contribution in [0.4, 0.5) is 21.7 Å². The topological polar surface area (TPSA) is 118 Å². The van der Waals surface area contributed by atoms with Gasteiger partial charge in [-0.2, -0.15) is 0 Å². The molecule has 5 rings (SSSR count). The number of aryl methyl sites for hydroxylation is 1. The highest BCUT2D eigenvalue weighted by Gasteiger charge is 2.22. The summed E-state index contributed by atoms with van der Waals surface area (Å²) in [6, 6.07) is 5.83. The second-order valence-electron chi connectivity index (χ2n) is 8.27. The molecular weight excluding hydrogens is 437 g/mol. The molecule has 10 nitrogen and oxygen atoms in total. The summed E-state index contributed by atoms with van der Waals surface area (Å²) in [6.45, 7) is 5.80. The molecule has 0 aliphatic carbocycles. The minimum absolute atomic E-state index is 0.0459. The Hall–Kier alpha value is -4.12. The Balaban J connectivity index is 1.44. The van der Waals surface area contributed by atoms with Crippen molar-refractivity contribution in [3.63, 3.8) is 0 Å². The van der Waals surface area contributed by atoms with Crippen LogP contribution >= 0.6 is 0 Å². The molecule has 0 saturated carbocycles. The molecule has 1 aliphatic heterocycles. The molecule has 4 aromatic rings. The van der Waals surface area contributed by atoms with Crippen molar-refractivity contribution in [3.05, 3.63) is 60.1 Å². The highest BCUT2D eigenvalue weighted by molar-refractivity contribution is 6.12. The van der Waals surface area contributed by atoms with Crippen LogP contribution in [-0.2, 0) is 0 Å². The van der Waals surface area contributed by atoms with Crippen LogP contribution < -0.4 is 16.0 Å². The summed E-state index contributed by atoms with van der Waals surface area (Å²) in [5.74, 6) is -0.207. The van der Waals surface area contributed by atoms with E-state index in [2.05, 4.69) is 37.2 Å². The summed E-state index contributed by atoms with van der Waals surface area (Å²) in [5.41, 5.74) is 9.15. The van der Waals surface area contributed by atoms with Gasteiger partial charge in [0.15, 0.2) is 17.3 Å². The van der Waals surface area contributed by atoms with Crippen molar-refractivity contribution in [1.82, 2.24) is 29.5 Å². The highest BCUT2D eigenvalue weighted by Crippen LogP contribution is 2.31. The number of pyridine rings is 2. The summed E-state index contributed by atoms with van der Waals surface area (Å²) >= 11 is 0. The van der Waals surface area contributed by atoms with Gasteiger partial charge in [-0.15, -0.1) is 5.10 Å². The Labute approximate surface area is 195 Å². The summed E-state index contributed by atoms with van der Waals surface area (Å²) in [5, 5.41) is 6.84. The van der Waals surface area contributed by atoms with E-state index in [4.69, 9.17) is 10.7 Å². The average molecular weight is 462 g/mol. The number of hydrogen-bond donors (Lipinski definition) is 2. The first-order chi connectivity index (χ1) is 16.4. The Kier molecular flexibility index (Phi) is 5.54. The van der Waals surface area contributed by atoms with E-state index in [0.29, 0.717) is 5.69 Å². The number of aromatic nitrogens is 5. The van der Waals surface area contributed by atoms with E-state index < -0.39 is 11.7 Å². The van der Waals surface area contributed by atoms with E-state index in [-0.39, 0.29) is 17.0 Å². The number of nitrogens with one attached hydrogen (secondary N) is 1. The van der Waals surface area contributed by atoms with E-state index in [9.17, 15) is 9.18 Å². The van der Waals surface area contributed by atoms with E-state index in [1.165, 1.54) is 0 Å². The van der Waals surface area contributed by atoms with E-state index >= 15 is 0 Å². The van der Waals surface area contributed by atoms with Gasteiger partial charge in [0, 0.05) is 49.2 Å². The van der Waals surface area contributed by atoms with Crippen LogP contribution in [0, 0.1) is 12.7 Å². The lowest BCUT2D eigenvalue weighted by Gasteiger charge is -2.33. The molecular formula is C23H24FN9O. The predicted octanol–water partition coefficient (Wildman–Crippen LogP) is 2.22. The van der Waals surface area contributed by atoms with Crippen LogP contribution in [-0.4, -0.2) is 68.6 Å². The first-order valence-electron chi connectivity index (χ1n) is 10.9. The van der Waals surface area contributed by atoms with Crippen LogP contribution in [0.3, 0.4) is 0 Å². The van der Waals surface area contributed by atoms with Crippen LogP contribution in [0.1, 0.15) is 16.1 Å². The van der Waals surface area contributed by atoms with Gasteiger partial charge in [-0.3, -0.25) is 9.78 Å². The maximum atomic E-state index is 13.5. The van der Waals surface area contributed by atoms with Crippen LogP contribution in [0.5, 0.6) is 0 Å². The molecule has 0 aromatic carbocycles. The minimum atomic E-state index is -0.584. The highest BCUT2D eigenvalue weighted by atomic mass is 19.1. The molecule has 1 fully saturated rings. The van der Waals surface area contributed by atoms with Crippen molar-refractivity contribution in [2.45, 2.75) is 6.92 Å². The monoisotopic (exact) mass is 461 g/mol. The lowest BCUT2D eigenvalue weighted by atomic mass is 10.0. The zero-order chi connectivity index (χ0) is 23.8. The number of carbonyl (C=O) groups is 1. The molecule has 1 amide bonds. The number of anilines is 3. The number of carbonyl (C=O) groups excluding carboxylic acids is 1. The van der Waals surface area contributed by atoms with Crippen molar-refractivity contribution >= 4 is 28.9 Å². The number of fused-ring (bicyclic) bond motifs is 1. The Morgan fingerprint density at radius 1 is 1.12 bits per heavy atom. The molecule has 5 heterocycles. The third-order valence-electron chi connectivity index (χ3n) is 5.95. The number of nitrogens with two attached hydrogens (primary N) is 1. The Morgan fingerprint density at radius 2 is 1.91 bits per heavy atom. The standard InChI is InChI=1S/C23H24FN9O/c1-14-16(3-4-19(28-14)32-9-7-31(2)8-10-32)17-5-6-26-12-18(17)29-23(34)20-21(25)30-33-13-15(24)11-27-22(20)33/h3-6,11-13H,7-10H2,1-2H3,(H2,25,30)(H,29,34). The van der Waals surface area contributed by atoms with Crippen LogP contribution in [0.15, 0.2) is 43.0 Å². The van der Waals surface area contributed by atoms with Gasteiger partial charge >= 0.3 is 0 Å². The molecule has 1 saturated heterocycles. The summed E-state index contributed by atoms with van der Waals surface area (Å²) in [6.07, 6.45) is 5.35. The lowest BCUT2D eigenvalue weighted by molar-refractivity contribution is 0.102. The third kappa shape index (κ3) is 4.01. The molecule has 3 N–H and O–H groups in total. The predicted molar refractivity (Wildman–Crippen MR) is 127 cm³/mol. The fourth-order valence-corrected chi connectivity index (χ4v) is 4.10. The largest absolute Gasteiger partial charge is 0.381 e. The molecule has 0 bridgehead atoms. The number of piperazine rings is 1. The average Bonchev–Trinajstić information content (AvgIpc) is 3.15. The van der Waals surface area contributed by atoms with Gasteiger partial charge in [-0.05, 0) is 32.2 Å². The second kappa shape index (κ2) is 8.67. The summed E-state index contributed by atoms with van der Waals surface area (Å²) in [4.78, 5) is 30.7. The maximum Gasteiger partial charge on any atom is 0.263 e. The molecule has 0 spiro atoms. The Morgan fingerprint density at radius 3 is 2.68 bits per heavy atom. The number of halogens is 1. The minimum Gasteiger partial charge on any atom is -0.381 e. The van der Waals surface area contributed by atoms with E-state index in [0.717, 1.165) is 65.7 Å². The second-order valence-corrected chi connectivity index (χ2v) is 8.27. The maximum absolute atomic E-state index is 13.5. The van der Waals surface area contributed by atoms with Gasteiger partial charge in [0.05, 0.1) is 24.3 Å². The van der Waals surface area contributed by atoms with Crippen molar-refractivity contribution in [1.29, 1.82) is 0 Å². The number of nitrogens with zero attached hydrogens (tertiary/aromatic N) is 7. The number of hydrogen-bond acceptors (Lipinski definition) is 8. The summed E-state index contributed by atoms with van der Waals surface area (Å²) < 4.78 is 14.6. The first kappa shape index (κ1) is 21.7. The molecule has 0 unspecified atom stereocenters. The molecule has 1 aliphatic rings. The van der Waals surface area contributed by atoms with Gasteiger partial charge in [-0.1, -0.05) is 0 Å². The normalized spacial score (nSPS) is 14.5. The molecule has 0 radical (unpaired) electrons. The number of likely N-dealkylation sites (N-methyl/N-ethyl adjacent to an activating group) is 1. The first-order valence-corrected chi connectivity index (χ1v) is 10.9. The van der Waals surface area contributed by atoms with Crippen molar-refractivity contribution in [3.8, 4) is 11.1 Å². The van der Waals surface area contributed by atoms with Gasteiger partial charge in [0.25, 0.3) is 5.91 Å². The van der Waals surface area contributed by atoms with Crippen molar-refractivity contribution in [2.24, 2.45) is 0 Å². The molecule has 174 valence electrons. The SMILES string of the molecule is Cc1nc(N2CCN(C)CC2)ccc1-c1ccncc1NC(=O)c1c(N)nn2cc(F)cnc12. The quantitative estimate of drug-likeness (QED) is 0.475. The molecule has 34 heavy (non-hydrogen) atoms. The van der Waals surface area contributed by atoms with Gasteiger partial charge in [0.2, 0.25) is 0 Å². The summed E-state index contributed by atoms with van der Waals surface area (Å²) in [7, 11) is 2.12. The zero-order valence-electron chi connectivity index (χ0n) is 18.9. The van der Waals surface area contributed by atoms with Crippen molar-refractivity contribution in [2.75, 3.05) is 49.2 Å². The fourth-order valence-electron chi connectivity index (χ4n) is 4.10. The fraction of sp³-hybridized carbons (Fsp3) is 0.261. The molecule has 0 atom stereocenters. The van der Waals surface area contributed by atoms with E-state index in [1.807, 2.05) is 25.1 Å². The van der Waals surface area contributed by atoms with Crippen LogP contribution in [0.25, 0.3) is 16.8 Å². The lowest BCUT2D eigenvalue weighted by Crippen LogP contribution is -2.44. The van der Waals surface area contributed by atoms with Gasteiger partial charge in [0.1, 0.15) is 11.4 Å². The number of amides is 1. The van der Waals surface area contributed by atoms with E-state index in [1.54, 1.807) is 12.4 Å².